The average Bonchev–Trinajstić information content (AvgIpc) is 3.37. The molecule has 34 heavy (non-hydrogen) atoms. The molecule has 1 heterocycles. The summed E-state index contributed by atoms with van der Waals surface area (Å²) < 4.78 is 11.2. The van der Waals surface area contributed by atoms with Crippen molar-refractivity contribution in [3.63, 3.8) is 0 Å². The molecule has 0 bridgehead atoms. The van der Waals surface area contributed by atoms with Gasteiger partial charge >= 0.3 is 0 Å². The van der Waals surface area contributed by atoms with E-state index in [2.05, 4.69) is 41.4 Å². The van der Waals surface area contributed by atoms with Gasteiger partial charge < -0.3 is 19.7 Å². The van der Waals surface area contributed by atoms with Gasteiger partial charge in [0, 0.05) is 17.8 Å². The van der Waals surface area contributed by atoms with E-state index >= 15 is 0 Å². The van der Waals surface area contributed by atoms with Crippen molar-refractivity contribution < 1.29 is 9.47 Å². The number of aryl methyl sites for hydroxylation is 1. The van der Waals surface area contributed by atoms with Crippen LogP contribution in [0.15, 0.2) is 77.8 Å². The van der Waals surface area contributed by atoms with Crippen molar-refractivity contribution in [2.45, 2.75) is 26.2 Å². The van der Waals surface area contributed by atoms with E-state index < -0.39 is 0 Å². The third kappa shape index (κ3) is 7.61. The quantitative estimate of drug-likeness (QED) is 0.194. The van der Waals surface area contributed by atoms with Gasteiger partial charge in [0.25, 0.3) is 0 Å². The molecule has 1 fully saturated rings. The van der Waals surface area contributed by atoms with Crippen molar-refractivity contribution >= 4 is 34.2 Å². The number of amidine groups is 1. The van der Waals surface area contributed by atoms with Crippen LogP contribution < -0.4 is 14.8 Å². The number of hydrogen-bond donors (Lipinski definition) is 1. The van der Waals surface area contributed by atoms with E-state index in [1.165, 1.54) is 31.5 Å². The molecule has 3 aromatic carbocycles. The summed E-state index contributed by atoms with van der Waals surface area (Å²) in [5.74, 6) is 2.50. The second kappa shape index (κ2) is 13.2. The third-order valence-corrected chi connectivity index (χ3v) is 5.84. The Bertz CT molecular complexity index is 1030. The Morgan fingerprint density at radius 2 is 1.53 bits per heavy atom. The van der Waals surface area contributed by atoms with Gasteiger partial charge in [0.1, 0.15) is 17.3 Å². The standard InChI is InChI=1S/C28H33N3O2.BrH/c1-22-6-8-23(9-7-22)28(29-24-10-14-26(32-2)15-11-24)30-25-12-16-27(17-13-25)33-21-5-20-31-18-3-4-19-31;/h6-17H,3-5,18-21H2,1-2H3,(H,29,30);1H. The predicted octanol–water partition coefficient (Wildman–Crippen LogP) is 6.64. The van der Waals surface area contributed by atoms with E-state index in [0.29, 0.717) is 0 Å². The van der Waals surface area contributed by atoms with Crippen LogP contribution >= 0.6 is 17.0 Å². The van der Waals surface area contributed by atoms with Crippen molar-refractivity contribution in [2.24, 2.45) is 4.99 Å². The second-order valence-corrected chi connectivity index (χ2v) is 8.42. The van der Waals surface area contributed by atoms with Crippen LogP contribution in [0.1, 0.15) is 30.4 Å². The lowest BCUT2D eigenvalue weighted by atomic mass is 10.1. The van der Waals surface area contributed by atoms with Crippen molar-refractivity contribution in [3.05, 3.63) is 83.9 Å². The van der Waals surface area contributed by atoms with Crippen LogP contribution in [0.2, 0.25) is 0 Å². The maximum absolute atomic E-state index is 5.94. The van der Waals surface area contributed by atoms with Gasteiger partial charge in [0.05, 0.1) is 19.4 Å². The van der Waals surface area contributed by atoms with Crippen LogP contribution in [0.5, 0.6) is 11.5 Å². The minimum Gasteiger partial charge on any atom is -0.497 e. The Hall–Kier alpha value is -2.83. The summed E-state index contributed by atoms with van der Waals surface area (Å²) in [6.45, 7) is 6.43. The van der Waals surface area contributed by atoms with E-state index in [-0.39, 0.29) is 17.0 Å². The third-order valence-electron chi connectivity index (χ3n) is 5.84. The molecule has 1 aliphatic heterocycles. The summed E-state index contributed by atoms with van der Waals surface area (Å²) in [7, 11) is 1.67. The SMILES string of the molecule is Br.COc1ccc(NC(=Nc2ccc(OCCCN3CCCC3)cc2)c2ccc(C)cc2)cc1. The molecule has 1 N–H and O–H groups in total. The lowest BCUT2D eigenvalue weighted by Gasteiger charge is -2.14. The van der Waals surface area contributed by atoms with Gasteiger partial charge in [-0.1, -0.05) is 29.8 Å². The molecule has 0 saturated carbocycles. The average molecular weight is 525 g/mol. The van der Waals surface area contributed by atoms with Gasteiger partial charge in [0.2, 0.25) is 0 Å². The molecule has 0 unspecified atom stereocenters. The fourth-order valence-corrected chi connectivity index (χ4v) is 3.92. The Morgan fingerprint density at radius 1 is 0.882 bits per heavy atom. The molecule has 0 atom stereocenters. The van der Waals surface area contributed by atoms with Crippen molar-refractivity contribution in [2.75, 3.05) is 38.7 Å². The predicted molar refractivity (Wildman–Crippen MR) is 147 cm³/mol. The van der Waals surface area contributed by atoms with E-state index in [0.717, 1.165) is 53.8 Å². The molecule has 0 amide bonds. The number of halogens is 1. The lowest BCUT2D eigenvalue weighted by Crippen LogP contribution is -2.21. The van der Waals surface area contributed by atoms with E-state index in [1.54, 1.807) is 7.11 Å². The molecule has 6 heteroatoms. The zero-order valence-corrected chi connectivity index (χ0v) is 21.7. The van der Waals surface area contributed by atoms with Crippen molar-refractivity contribution in [3.8, 4) is 11.5 Å². The first-order chi connectivity index (χ1) is 16.2. The number of nitrogens with one attached hydrogen (secondary N) is 1. The number of ether oxygens (including phenoxy) is 2. The van der Waals surface area contributed by atoms with E-state index in [1.807, 2.05) is 48.5 Å². The zero-order valence-electron chi connectivity index (χ0n) is 20.0. The Balaban J connectivity index is 0.00000324. The number of likely N-dealkylation sites (tertiary alicyclic amines) is 1. The molecule has 1 aliphatic rings. The number of rotatable bonds is 9. The summed E-state index contributed by atoms with van der Waals surface area (Å²) in [5, 5.41) is 3.46. The van der Waals surface area contributed by atoms with E-state index in [4.69, 9.17) is 14.5 Å². The van der Waals surface area contributed by atoms with Gasteiger partial charge in [-0.2, -0.15) is 0 Å². The topological polar surface area (TPSA) is 46.1 Å². The fourth-order valence-electron chi connectivity index (χ4n) is 3.92. The number of nitrogens with zero attached hydrogens (tertiary/aromatic N) is 2. The highest BCUT2D eigenvalue weighted by Crippen LogP contribution is 2.22. The first-order valence-electron chi connectivity index (χ1n) is 11.7. The Labute approximate surface area is 213 Å². The summed E-state index contributed by atoms with van der Waals surface area (Å²) >= 11 is 0. The van der Waals surface area contributed by atoms with Gasteiger partial charge in [-0.3, -0.25) is 0 Å². The van der Waals surface area contributed by atoms with E-state index in [9.17, 15) is 0 Å². The minimum atomic E-state index is 0. The summed E-state index contributed by atoms with van der Waals surface area (Å²) in [6, 6.07) is 24.2. The van der Waals surface area contributed by atoms with Crippen LogP contribution in [0.3, 0.4) is 0 Å². The van der Waals surface area contributed by atoms with Gasteiger partial charge in [-0.25, -0.2) is 4.99 Å². The molecular formula is C28H34BrN3O2. The molecule has 1 saturated heterocycles. The highest BCUT2D eigenvalue weighted by Gasteiger charge is 2.10. The molecule has 0 aliphatic carbocycles. The summed E-state index contributed by atoms with van der Waals surface area (Å²) in [6.07, 6.45) is 3.73. The fraction of sp³-hybridized carbons (Fsp3) is 0.321. The maximum Gasteiger partial charge on any atom is 0.138 e. The second-order valence-electron chi connectivity index (χ2n) is 8.42. The molecular weight excluding hydrogens is 490 g/mol. The number of methoxy groups -OCH3 is 1. The number of anilines is 1. The molecule has 180 valence electrons. The molecule has 0 radical (unpaired) electrons. The summed E-state index contributed by atoms with van der Waals surface area (Å²) in [5.41, 5.74) is 4.07. The van der Waals surface area contributed by atoms with Crippen LogP contribution in [0.4, 0.5) is 11.4 Å². The molecule has 3 aromatic rings. The normalized spacial score (nSPS) is 13.9. The Kier molecular flexibility index (Phi) is 9.98. The Morgan fingerprint density at radius 3 is 2.18 bits per heavy atom. The first kappa shape index (κ1) is 25.8. The molecule has 0 spiro atoms. The molecule has 5 nitrogen and oxygen atoms in total. The monoisotopic (exact) mass is 523 g/mol. The molecule has 0 aromatic heterocycles. The largest absolute Gasteiger partial charge is 0.497 e. The molecule has 4 rings (SSSR count). The van der Waals surface area contributed by atoms with Crippen LogP contribution in [0.25, 0.3) is 0 Å². The van der Waals surface area contributed by atoms with Crippen LogP contribution in [-0.4, -0.2) is 44.1 Å². The van der Waals surface area contributed by atoms with Crippen LogP contribution in [-0.2, 0) is 0 Å². The maximum atomic E-state index is 5.94. The number of benzene rings is 3. The van der Waals surface area contributed by atoms with Crippen molar-refractivity contribution in [1.82, 2.24) is 4.90 Å². The van der Waals surface area contributed by atoms with Gasteiger partial charge in [0.15, 0.2) is 0 Å². The van der Waals surface area contributed by atoms with Crippen LogP contribution in [0, 0.1) is 6.92 Å². The highest BCUT2D eigenvalue weighted by atomic mass is 79.9. The van der Waals surface area contributed by atoms with Crippen molar-refractivity contribution in [1.29, 1.82) is 0 Å². The first-order valence-corrected chi connectivity index (χ1v) is 11.7. The number of hydrogen-bond acceptors (Lipinski definition) is 4. The van der Waals surface area contributed by atoms with Gasteiger partial charge in [-0.15, -0.1) is 17.0 Å². The smallest absolute Gasteiger partial charge is 0.138 e. The van der Waals surface area contributed by atoms with Gasteiger partial charge in [-0.05, 0) is 87.8 Å². The minimum absolute atomic E-state index is 0. The highest BCUT2D eigenvalue weighted by molar-refractivity contribution is 8.93. The summed E-state index contributed by atoms with van der Waals surface area (Å²) in [4.78, 5) is 7.42. The lowest BCUT2D eigenvalue weighted by molar-refractivity contribution is 0.263. The zero-order chi connectivity index (χ0) is 22.9. The number of aliphatic imine (C=N–C) groups is 1.